The maximum Gasteiger partial charge on any atom is 0.501 e. The van der Waals surface area contributed by atoms with Gasteiger partial charge in [-0.3, -0.25) is 0 Å². The van der Waals surface area contributed by atoms with Gasteiger partial charge in [-0.25, -0.2) is 8.42 Å². The van der Waals surface area contributed by atoms with Crippen LogP contribution in [0.1, 0.15) is 11.1 Å². The monoisotopic (exact) mass is 350 g/mol. The van der Waals surface area contributed by atoms with E-state index in [-0.39, 0.29) is 0 Å². The zero-order valence-electron chi connectivity index (χ0n) is 12.4. The number of alkyl halides is 3. The lowest BCUT2D eigenvalue weighted by atomic mass is 10.0. The number of benzene rings is 3. The standard InChI is InChI=1S/C18H13F3O2S/c19-18(20,21)24(22,23)17-9-8-15-7-6-14(11-16(15)12-17)10-13-4-2-1-3-5-13/h1-9,11-12H,10H2. The van der Waals surface area contributed by atoms with Gasteiger partial charge in [-0.05, 0) is 40.5 Å². The molecule has 0 bridgehead atoms. The highest BCUT2D eigenvalue weighted by atomic mass is 32.2. The molecule has 6 heteroatoms. The largest absolute Gasteiger partial charge is 0.501 e. The Morgan fingerprint density at radius 2 is 1.42 bits per heavy atom. The normalized spacial score (nSPS) is 12.5. The number of halogens is 3. The minimum absolute atomic E-state index is 0.466. The number of hydrogen-bond acceptors (Lipinski definition) is 2. The van der Waals surface area contributed by atoms with E-state index in [1.165, 1.54) is 6.07 Å². The first kappa shape index (κ1) is 16.5. The minimum Gasteiger partial charge on any atom is -0.214 e. The van der Waals surface area contributed by atoms with Crippen LogP contribution in [0.4, 0.5) is 13.2 Å². The smallest absolute Gasteiger partial charge is 0.214 e. The molecule has 0 fully saturated rings. The molecule has 0 aliphatic rings. The number of rotatable bonds is 3. The molecule has 0 aliphatic heterocycles. The van der Waals surface area contributed by atoms with Crippen molar-refractivity contribution in [3.8, 4) is 0 Å². The van der Waals surface area contributed by atoms with Crippen molar-refractivity contribution in [3.63, 3.8) is 0 Å². The van der Waals surface area contributed by atoms with E-state index in [0.717, 1.165) is 23.3 Å². The van der Waals surface area contributed by atoms with E-state index in [1.807, 2.05) is 36.4 Å². The number of fused-ring (bicyclic) bond motifs is 1. The van der Waals surface area contributed by atoms with Gasteiger partial charge in [0, 0.05) is 0 Å². The quantitative estimate of drug-likeness (QED) is 0.685. The van der Waals surface area contributed by atoms with Crippen molar-refractivity contribution in [1.29, 1.82) is 0 Å². The van der Waals surface area contributed by atoms with Crippen molar-refractivity contribution in [3.05, 3.63) is 77.9 Å². The summed E-state index contributed by atoms with van der Waals surface area (Å²) >= 11 is 0. The molecule has 0 aromatic heterocycles. The highest BCUT2D eigenvalue weighted by Crippen LogP contribution is 2.32. The number of sulfone groups is 1. The lowest BCUT2D eigenvalue weighted by molar-refractivity contribution is -0.0435. The molecule has 0 heterocycles. The molecule has 0 amide bonds. The molecule has 0 unspecified atom stereocenters. The third-order valence-corrected chi connectivity index (χ3v) is 5.23. The van der Waals surface area contributed by atoms with Crippen molar-refractivity contribution in [2.24, 2.45) is 0 Å². The van der Waals surface area contributed by atoms with Gasteiger partial charge in [0.05, 0.1) is 4.90 Å². The molecular weight excluding hydrogens is 337 g/mol. The average molecular weight is 350 g/mol. The topological polar surface area (TPSA) is 34.1 Å². The first-order valence-electron chi connectivity index (χ1n) is 7.15. The first-order valence-corrected chi connectivity index (χ1v) is 8.64. The van der Waals surface area contributed by atoms with Crippen LogP contribution in [0, 0.1) is 0 Å². The molecule has 3 aromatic rings. The Morgan fingerprint density at radius 3 is 2.08 bits per heavy atom. The Labute approximate surface area is 137 Å². The van der Waals surface area contributed by atoms with Gasteiger partial charge in [-0.15, -0.1) is 0 Å². The Kier molecular flexibility index (Phi) is 4.09. The molecule has 2 nitrogen and oxygen atoms in total. The van der Waals surface area contributed by atoms with Gasteiger partial charge in [0.2, 0.25) is 0 Å². The molecule has 0 N–H and O–H groups in total. The van der Waals surface area contributed by atoms with Crippen LogP contribution in [-0.2, 0) is 16.3 Å². The summed E-state index contributed by atoms with van der Waals surface area (Å²) in [7, 11) is -5.34. The average Bonchev–Trinajstić information content (AvgIpc) is 2.54. The van der Waals surface area contributed by atoms with E-state index in [0.29, 0.717) is 17.2 Å². The molecule has 0 spiro atoms. The zero-order chi connectivity index (χ0) is 17.4. The van der Waals surface area contributed by atoms with Gasteiger partial charge in [-0.1, -0.05) is 54.6 Å². The van der Waals surface area contributed by atoms with Gasteiger partial charge in [0.15, 0.2) is 0 Å². The van der Waals surface area contributed by atoms with E-state index in [9.17, 15) is 21.6 Å². The zero-order valence-corrected chi connectivity index (χ0v) is 13.2. The van der Waals surface area contributed by atoms with Crippen LogP contribution >= 0.6 is 0 Å². The second kappa shape index (κ2) is 5.94. The summed E-state index contributed by atoms with van der Waals surface area (Å²) in [6.07, 6.45) is 0.618. The maximum absolute atomic E-state index is 12.7. The second-order valence-corrected chi connectivity index (χ2v) is 7.40. The highest BCUT2D eigenvalue weighted by Gasteiger charge is 2.46. The molecule has 0 radical (unpaired) electrons. The van der Waals surface area contributed by atoms with E-state index >= 15 is 0 Å². The van der Waals surface area contributed by atoms with Crippen molar-refractivity contribution >= 4 is 20.6 Å². The molecular formula is C18H13F3O2S. The van der Waals surface area contributed by atoms with Crippen molar-refractivity contribution < 1.29 is 21.6 Å². The van der Waals surface area contributed by atoms with Gasteiger partial charge in [0.25, 0.3) is 9.84 Å². The number of hydrogen-bond donors (Lipinski definition) is 0. The van der Waals surface area contributed by atoms with Crippen LogP contribution in [0.25, 0.3) is 10.8 Å². The first-order chi connectivity index (χ1) is 11.3. The third-order valence-electron chi connectivity index (χ3n) is 3.74. The van der Waals surface area contributed by atoms with Crippen LogP contribution < -0.4 is 0 Å². The maximum atomic E-state index is 12.7. The predicted molar refractivity (Wildman–Crippen MR) is 86.4 cm³/mol. The second-order valence-electron chi connectivity index (χ2n) is 5.45. The molecule has 3 rings (SSSR count). The Balaban J connectivity index is 2.03. The molecule has 0 atom stereocenters. The van der Waals surface area contributed by atoms with Gasteiger partial charge in [-0.2, -0.15) is 13.2 Å². The minimum atomic E-state index is -5.34. The van der Waals surface area contributed by atoms with E-state index in [2.05, 4.69) is 0 Å². The summed E-state index contributed by atoms with van der Waals surface area (Å²) in [6.45, 7) is 0. The van der Waals surface area contributed by atoms with Crippen LogP contribution in [0.3, 0.4) is 0 Å². The molecule has 3 aromatic carbocycles. The lowest BCUT2D eigenvalue weighted by Gasteiger charge is -2.10. The van der Waals surface area contributed by atoms with Crippen LogP contribution in [-0.4, -0.2) is 13.9 Å². The third kappa shape index (κ3) is 3.14. The molecule has 0 saturated carbocycles. The van der Waals surface area contributed by atoms with Crippen LogP contribution in [0.5, 0.6) is 0 Å². The fraction of sp³-hybridized carbons (Fsp3) is 0.111. The fourth-order valence-corrected chi connectivity index (χ4v) is 3.31. The lowest BCUT2D eigenvalue weighted by Crippen LogP contribution is -2.23. The molecule has 124 valence electrons. The summed E-state index contributed by atoms with van der Waals surface area (Å²) in [5.41, 5.74) is -3.34. The van der Waals surface area contributed by atoms with Gasteiger partial charge < -0.3 is 0 Å². The molecule has 0 aliphatic carbocycles. The molecule has 0 saturated heterocycles. The summed E-state index contributed by atoms with van der Waals surface area (Å²) in [4.78, 5) is -0.737. The SMILES string of the molecule is O=S(=O)(c1ccc2ccc(Cc3ccccc3)cc2c1)C(F)(F)F. The summed E-state index contributed by atoms with van der Waals surface area (Å²) in [5, 5.41) is 1.15. The summed E-state index contributed by atoms with van der Waals surface area (Å²) in [5.74, 6) is 0. The highest BCUT2D eigenvalue weighted by molar-refractivity contribution is 7.92. The van der Waals surface area contributed by atoms with E-state index in [1.54, 1.807) is 12.1 Å². The van der Waals surface area contributed by atoms with Crippen molar-refractivity contribution in [1.82, 2.24) is 0 Å². The van der Waals surface area contributed by atoms with Crippen LogP contribution in [0.2, 0.25) is 0 Å². The Hall–Kier alpha value is -2.34. The summed E-state index contributed by atoms with van der Waals surface area (Å²) < 4.78 is 61.2. The fourth-order valence-electron chi connectivity index (χ4n) is 2.52. The van der Waals surface area contributed by atoms with Crippen molar-refractivity contribution in [2.75, 3.05) is 0 Å². The van der Waals surface area contributed by atoms with Crippen LogP contribution in [0.15, 0.2) is 71.6 Å². The van der Waals surface area contributed by atoms with Crippen molar-refractivity contribution in [2.45, 2.75) is 16.8 Å². The van der Waals surface area contributed by atoms with Gasteiger partial charge >= 0.3 is 5.51 Å². The Morgan fingerprint density at radius 1 is 0.750 bits per heavy atom. The van der Waals surface area contributed by atoms with E-state index < -0.39 is 20.2 Å². The molecule has 24 heavy (non-hydrogen) atoms. The van der Waals surface area contributed by atoms with E-state index in [4.69, 9.17) is 0 Å². The van der Waals surface area contributed by atoms with Gasteiger partial charge in [0.1, 0.15) is 0 Å². The predicted octanol–water partition coefficient (Wildman–Crippen LogP) is 4.72. The summed E-state index contributed by atoms with van der Waals surface area (Å²) in [6, 6.07) is 18.5. The Bertz CT molecular complexity index is 978.